The second-order valence-electron chi connectivity index (χ2n) is 4.66. The van der Waals surface area contributed by atoms with Gasteiger partial charge in [0, 0.05) is 17.8 Å². The fourth-order valence-electron chi connectivity index (χ4n) is 2.39. The number of pyridine rings is 1. The summed E-state index contributed by atoms with van der Waals surface area (Å²) in [4.78, 5) is 13.6. The maximum absolute atomic E-state index is 10.9. The van der Waals surface area contributed by atoms with Crippen molar-refractivity contribution >= 4 is 12.4 Å². The molecule has 0 spiro atoms. The van der Waals surface area contributed by atoms with Gasteiger partial charge < -0.3 is 10.7 Å². The summed E-state index contributed by atoms with van der Waals surface area (Å²) in [5.74, 6) is 0. The van der Waals surface area contributed by atoms with Gasteiger partial charge in [-0.05, 0) is 24.8 Å². The molecule has 1 aromatic rings. The van der Waals surface area contributed by atoms with Crippen molar-refractivity contribution in [2.45, 2.75) is 44.1 Å². The molecule has 1 aliphatic rings. The van der Waals surface area contributed by atoms with Gasteiger partial charge in [0.25, 0.3) is 0 Å². The van der Waals surface area contributed by atoms with Crippen LogP contribution in [0.3, 0.4) is 0 Å². The monoisotopic (exact) mass is 242 g/mol. The maximum Gasteiger partial charge on any atom is 0.247 e. The lowest BCUT2D eigenvalue weighted by molar-refractivity contribution is 0.294. The van der Waals surface area contributed by atoms with Crippen LogP contribution in [0.2, 0.25) is 0 Å². The molecule has 0 unspecified atom stereocenters. The number of rotatable bonds is 2. The van der Waals surface area contributed by atoms with E-state index in [2.05, 4.69) is 4.98 Å². The number of nitrogens with one attached hydrogen (secondary N) is 1. The first-order valence-corrected chi connectivity index (χ1v) is 5.65. The molecule has 1 fully saturated rings. The third kappa shape index (κ3) is 3.35. The molecule has 3 N–H and O–H groups in total. The van der Waals surface area contributed by atoms with E-state index in [-0.39, 0.29) is 23.5 Å². The molecule has 1 saturated carbocycles. The number of hydrogen-bond acceptors (Lipinski definition) is 2. The Hall–Kier alpha value is -0.800. The van der Waals surface area contributed by atoms with Gasteiger partial charge in [0.05, 0.1) is 0 Å². The molecule has 1 aromatic heterocycles. The third-order valence-corrected chi connectivity index (χ3v) is 3.25. The van der Waals surface area contributed by atoms with Gasteiger partial charge in [0.2, 0.25) is 5.56 Å². The molecular formula is C12H19ClN2O. The van der Waals surface area contributed by atoms with Gasteiger partial charge in [-0.3, -0.25) is 4.79 Å². The fourth-order valence-corrected chi connectivity index (χ4v) is 2.39. The Kier molecular flexibility index (Phi) is 4.56. The van der Waals surface area contributed by atoms with Crippen LogP contribution in [0.25, 0.3) is 0 Å². The Morgan fingerprint density at radius 2 is 1.94 bits per heavy atom. The highest BCUT2D eigenvalue weighted by Crippen LogP contribution is 2.28. The number of halogens is 1. The van der Waals surface area contributed by atoms with E-state index in [0.717, 1.165) is 24.8 Å². The molecule has 0 aliphatic heterocycles. The van der Waals surface area contributed by atoms with Crippen molar-refractivity contribution < 1.29 is 0 Å². The minimum Gasteiger partial charge on any atom is -0.329 e. The first kappa shape index (κ1) is 13.3. The lowest BCUT2D eigenvalue weighted by Crippen LogP contribution is -2.43. The van der Waals surface area contributed by atoms with E-state index in [1.807, 2.05) is 6.07 Å². The largest absolute Gasteiger partial charge is 0.329 e. The Morgan fingerprint density at radius 3 is 2.50 bits per heavy atom. The summed E-state index contributed by atoms with van der Waals surface area (Å²) in [6.07, 6.45) is 8.65. The van der Waals surface area contributed by atoms with E-state index in [9.17, 15) is 4.79 Å². The summed E-state index contributed by atoms with van der Waals surface area (Å²) in [7, 11) is 0. The molecule has 2 rings (SSSR count). The fraction of sp³-hybridized carbons (Fsp3) is 0.583. The average Bonchev–Trinajstić information content (AvgIpc) is 2.22. The third-order valence-electron chi connectivity index (χ3n) is 3.25. The van der Waals surface area contributed by atoms with Crippen LogP contribution >= 0.6 is 12.4 Å². The molecule has 3 nitrogen and oxygen atoms in total. The van der Waals surface area contributed by atoms with Crippen molar-refractivity contribution in [1.29, 1.82) is 0 Å². The van der Waals surface area contributed by atoms with Crippen LogP contribution in [-0.2, 0) is 6.42 Å². The summed E-state index contributed by atoms with van der Waals surface area (Å²) in [6, 6.07) is 3.45. The quantitative estimate of drug-likeness (QED) is 0.834. The molecule has 0 aromatic carbocycles. The van der Waals surface area contributed by atoms with Gasteiger partial charge in [-0.15, -0.1) is 12.4 Å². The predicted molar refractivity (Wildman–Crippen MR) is 68.0 cm³/mol. The highest BCUT2D eigenvalue weighted by Gasteiger charge is 2.27. The second kappa shape index (κ2) is 5.51. The molecule has 0 bridgehead atoms. The minimum atomic E-state index is -0.0477. The van der Waals surface area contributed by atoms with Crippen LogP contribution in [0.15, 0.2) is 23.1 Å². The Bertz CT molecular complexity index is 362. The van der Waals surface area contributed by atoms with E-state index in [4.69, 9.17) is 5.73 Å². The van der Waals surface area contributed by atoms with E-state index >= 15 is 0 Å². The zero-order valence-corrected chi connectivity index (χ0v) is 10.2. The van der Waals surface area contributed by atoms with Crippen LogP contribution in [0, 0.1) is 0 Å². The van der Waals surface area contributed by atoms with Gasteiger partial charge in [-0.1, -0.05) is 25.3 Å². The molecule has 0 atom stereocenters. The van der Waals surface area contributed by atoms with Crippen molar-refractivity contribution in [2.24, 2.45) is 5.73 Å². The molecule has 1 heterocycles. The molecule has 4 heteroatoms. The van der Waals surface area contributed by atoms with Crippen molar-refractivity contribution in [3.05, 3.63) is 34.2 Å². The van der Waals surface area contributed by atoms with Crippen molar-refractivity contribution in [1.82, 2.24) is 4.98 Å². The average molecular weight is 243 g/mol. The Morgan fingerprint density at radius 1 is 1.25 bits per heavy atom. The molecule has 90 valence electrons. The number of nitrogens with two attached hydrogens (primary N) is 1. The lowest BCUT2D eigenvalue weighted by Gasteiger charge is -2.33. The highest BCUT2D eigenvalue weighted by atomic mass is 35.5. The predicted octanol–water partition coefficient (Wildman–Crippen LogP) is 2.00. The first-order valence-electron chi connectivity index (χ1n) is 5.65. The van der Waals surface area contributed by atoms with Gasteiger partial charge in [-0.2, -0.15) is 0 Å². The SMILES string of the molecule is Cl.NC1(Cc2ccc(=O)[nH]c2)CCCCC1. The van der Waals surface area contributed by atoms with Crippen molar-refractivity contribution in [2.75, 3.05) is 0 Å². The number of aromatic nitrogens is 1. The van der Waals surface area contributed by atoms with Gasteiger partial charge >= 0.3 is 0 Å². The normalized spacial score (nSPS) is 18.8. The van der Waals surface area contributed by atoms with E-state index in [1.54, 1.807) is 12.3 Å². The Labute approximate surface area is 102 Å². The Balaban J connectivity index is 0.00000128. The van der Waals surface area contributed by atoms with Crippen LogP contribution in [0.1, 0.15) is 37.7 Å². The molecule has 1 aliphatic carbocycles. The lowest BCUT2D eigenvalue weighted by atomic mass is 9.79. The summed E-state index contributed by atoms with van der Waals surface area (Å²) < 4.78 is 0. The van der Waals surface area contributed by atoms with E-state index < -0.39 is 0 Å². The van der Waals surface area contributed by atoms with Crippen molar-refractivity contribution in [3.63, 3.8) is 0 Å². The smallest absolute Gasteiger partial charge is 0.247 e. The topological polar surface area (TPSA) is 58.9 Å². The van der Waals surface area contributed by atoms with Crippen LogP contribution < -0.4 is 11.3 Å². The second-order valence-corrected chi connectivity index (χ2v) is 4.66. The van der Waals surface area contributed by atoms with Crippen LogP contribution in [-0.4, -0.2) is 10.5 Å². The van der Waals surface area contributed by atoms with Gasteiger partial charge in [0.15, 0.2) is 0 Å². The molecule has 0 radical (unpaired) electrons. The van der Waals surface area contributed by atoms with E-state index in [1.165, 1.54) is 19.3 Å². The summed E-state index contributed by atoms with van der Waals surface area (Å²) >= 11 is 0. The maximum atomic E-state index is 10.9. The molecule has 0 amide bonds. The molecular weight excluding hydrogens is 224 g/mol. The number of aromatic amines is 1. The molecule has 16 heavy (non-hydrogen) atoms. The summed E-state index contributed by atoms with van der Waals surface area (Å²) in [5.41, 5.74) is 7.38. The number of H-pyrrole nitrogens is 1. The van der Waals surface area contributed by atoms with Gasteiger partial charge in [-0.25, -0.2) is 0 Å². The first-order chi connectivity index (χ1) is 7.18. The zero-order valence-electron chi connectivity index (χ0n) is 9.37. The van der Waals surface area contributed by atoms with Crippen molar-refractivity contribution in [3.8, 4) is 0 Å². The van der Waals surface area contributed by atoms with E-state index in [0.29, 0.717) is 0 Å². The summed E-state index contributed by atoms with van der Waals surface area (Å²) in [6.45, 7) is 0. The zero-order chi connectivity index (χ0) is 10.7. The summed E-state index contributed by atoms with van der Waals surface area (Å²) in [5, 5.41) is 0. The molecule has 0 saturated heterocycles. The standard InChI is InChI=1S/C12H18N2O.ClH/c13-12(6-2-1-3-7-12)8-10-4-5-11(15)14-9-10;/h4-5,9H,1-3,6-8,13H2,(H,14,15);1H. The highest BCUT2D eigenvalue weighted by molar-refractivity contribution is 5.85. The number of hydrogen-bond donors (Lipinski definition) is 2. The van der Waals surface area contributed by atoms with Crippen LogP contribution in [0.4, 0.5) is 0 Å². The van der Waals surface area contributed by atoms with Gasteiger partial charge in [0.1, 0.15) is 0 Å². The van der Waals surface area contributed by atoms with Crippen LogP contribution in [0.5, 0.6) is 0 Å². The minimum absolute atomic E-state index is 0.